The molecule has 4 rings (SSSR count). The van der Waals surface area contributed by atoms with Gasteiger partial charge in [-0.2, -0.15) is 5.26 Å². The molecule has 2 bridgehead atoms. The Labute approximate surface area is 181 Å². The van der Waals surface area contributed by atoms with Gasteiger partial charge in [-0.25, -0.2) is 0 Å². The highest BCUT2D eigenvalue weighted by atomic mass is 16.2. The molecule has 10 heteroatoms. The topological polar surface area (TPSA) is 151 Å². The molecule has 31 heavy (non-hydrogen) atoms. The lowest BCUT2D eigenvalue weighted by atomic mass is 10.1. The summed E-state index contributed by atoms with van der Waals surface area (Å²) in [5.74, 6) is 5.01. The number of benzene rings is 1. The Kier molecular flexibility index (Phi) is 5.71. The third kappa shape index (κ3) is 3.66. The van der Waals surface area contributed by atoms with Gasteiger partial charge in [0.1, 0.15) is 6.04 Å². The summed E-state index contributed by atoms with van der Waals surface area (Å²) in [6, 6.07) is 8.76. The second-order valence-electron chi connectivity index (χ2n) is 8.23. The molecule has 1 aromatic rings. The highest BCUT2D eigenvalue weighted by Gasteiger charge is 2.51. The predicted octanol–water partition coefficient (Wildman–Crippen LogP) is 0.956. The van der Waals surface area contributed by atoms with E-state index in [2.05, 4.69) is 27.9 Å². The number of nitrogens with one attached hydrogen (secondary N) is 1. The van der Waals surface area contributed by atoms with Crippen LogP contribution < -0.4 is 16.5 Å². The molecular formula is C21H27N9O. The number of carbonyl (C=O) groups excluding carboxylic acids is 1. The smallest absolute Gasteiger partial charge is 0.244 e. The maximum absolute atomic E-state index is 13.2. The number of amides is 1. The Balaban J connectivity index is 1.46. The SMILES string of the molecule is C=C(C(N)CN1C[C@@H]2CC1C(=O)N2c1ccccc1C(=N)N=NN)N1CCCC1C#N. The van der Waals surface area contributed by atoms with Crippen molar-refractivity contribution >= 4 is 17.4 Å². The van der Waals surface area contributed by atoms with Gasteiger partial charge in [0, 0.05) is 30.9 Å². The minimum absolute atomic E-state index is 0.000347. The van der Waals surface area contributed by atoms with Gasteiger partial charge in [0.25, 0.3) is 0 Å². The largest absolute Gasteiger partial charge is 0.358 e. The fourth-order valence-corrected chi connectivity index (χ4v) is 4.99. The fraction of sp³-hybridized carbons (Fsp3) is 0.476. The Morgan fingerprint density at radius 1 is 1.42 bits per heavy atom. The van der Waals surface area contributed by atoms with Gasteiger partial charge in [0.2, 0.25) is 5.91 Å². The molecule has 0 saturated carbocycles. The van der Waals surface area contributed by atoms with Gasteiger partial charge in [-0.15, -0.1) is 5.11 Å². The summed E-state index contributed by atoms with van der Waals surface area (Å²) in [5, 5.41) is 24.2. The van der Waals surface area contributed by atoms with Crippen LogP contribution in [-0.4, -0.2) is 65.3 Å². The van der Waals surface area contributed by atoms with Crippen molar-refractivity contribution in [2.45, 2.75) is 43.4 Å². The maximum atomic E-state index is 13.2. The Hall–Kier alpha value is -3.29. The summed E-state index contributed by atoms with van der Waals surface area (Å²) in [6.45, 7) is 6.16. The molecule has 3 fully saturated rings. The van der Waals surface area contributed by atoms with E-state index in [0.29, 0.717) is 30.8 Å². The van der Waals surface area contributed by atoms with Crippen molar-refractivity contribution in [3.05, 3.63) is 42.1 Å². The molecule has 10 nitrogen and oxygen atoms in total. The summed E-state index contributed by atoms with van der Waals surface area (Å²) in [5.41, 5.74) is 8.37. The van der Waals surface area contributed by atoms with Crippen LogP contribution in [0.2, 0.25) is 0 Å². The highest BCUT2D eigenvalue weighted by molar-refractivity contribution is 6.09. The van der Waals surface area contributed by atoms with Crippen LogP contribution in [0.1, 0.15) is 24.8 Å². The van der Waals surface area contributed by atoms with Crippen LogP contribution in [-0.2, 0) is 4.79 Å². The molecule has 0 aromatic heterocycles. The number of nitrogens with two attached hydrogens (primary N) is 2. The van der Waals surface area contributed by atoms with E-state index in [1.54, 1.807) is 17.0 Å². The van der Waals surface area contributed by atoms with E-state index < -0.39 is 0 Å². The zero-order chi connectivity index (χ0) is 22.1. The molecule has 0 spiro atoms. The van der Waals surface area contributed by atoms with Gasteiger partial charge < -0.3 is 21.4 Å². The van der Waals surface area contributed by atoms with E-state index in [-0.39, 0.29) is 35.9 Å². The molecule has 5 N–H and O–H groups in total. The van der Waals surface area contributed by atoms with Crippen LogP contribution in [0.4, 0.5) is 5.69 Å². The summed E-state index contributed by atoms with van der Waals surface area (Å²) in [4.78, 5) is 19.1. The quantitative estimate of drug-likeness (QED) is 0.205. The van der Waals surface area contributed by atoms with E-state index in [4.69, 9.17) is 17.0 Å². The third-order valence-electron chi connectivity index (χ3n) is 6.48. The lowest BCUT2D eigenvalue weighted by Gasteiger charge is -2.37. The standard InChI is InChI=1S/C21H27N9O/c1-13(29-8-4-5-14(29)10-22)17(23)12-28-11-15-9-19(28)21(31)30(15)18-7-3-2-6-16(18)20(24)26-27-25/h2-3,6-7,14-15,17,19H,1,4-5,8-9,11-12,23H2,(H3,24,25,26)/t14?,15-,17?,19?/m0/s1. The number of amidine groups is 1. The van der Waals surface area contributed by atoms with Gasteiger partial charge in [0.05, 0.1) is 29.9 Å². The fourth-order valence-electron chi connectivity index (χ4n) is 4.99. The molecule has 0 radical (unpaired) electrons. The van der Waals surface area contributed by atoms with Crippen LogP contribution in [0.15, 0.2) is 46.9 Å². The van der Waals surface area contributed by atoms with Gasteiger partial charge in [-0.1, -0.05) is 23.9 Å². The number of hydrogen-bond acceptors (Lipinski definition) is 7. The van der Waals surface area contributed by atoms with Crippen molar-refractivity contribution in [1.29, 1.82) is 10.7 Å². The van der Waals surface area contributed by atoms with Crippen molar-refractivity contribution < 1.29 is 4.79 Å². The highest BCUT2D eigenvalue weighted by Crippen LogP contribution is 2.37. The molecule has 3 saturated heterocycles. The molecule has 3 aliphatic rings. The van der Waals surface area contributed by atoms with Crippen molar-refractivity contribution in [1.82, 2.24) is 9.80 Å². The van der Waals surface area contributed by atoms with Gasteiger partial charge in [-0.3, -0.25) is 15.1 Å². The van der Waals surface area contributed by atoms with Crippen molar-refractivity contribution in [3.8, 4) is 6.07 Å². The van der Waals surface area contributed by atoms with Crippen LogP contribution in [0.5, 0.6) is 0 Å². The maximum Gasteiger partial charge on any atom is 0.244 e. The van der Waals surface area contributed by atoms with Crippen LogP contribution in [0, 0.1) is 16.7 Å². The van der Waals surface area contributed by atoms with Crippen molar-refractivity contribution in [3.63, 3.8) is 0 Å². The lowest BCUT2D eigenvalue weighted by Crippen LogP contribution is -2.54. The first kappa shape index (κ1) is 21.0. The van der Waals surface area contributed by atoms with E-state index in [1.165, 1.54) is 0 Å². The molecule has 3 aliphatic heterocycles. The number of likely N-dealkylation sites (tertiary alicyclic amines) is 2. The number of piperazine rings is 1. The van der Waals surface area contributed by atoms with E-state index >= 15 is 0 Å². The van der Waals surface area contributed by atoms with E-state index in [1.807, 2.05) is 17.0 Å². The minimum atomic E-state index is -0.333. The first-order chi connectivity index (χ1) is 15.0. The average Bonchev–Trinajstić information content (AvgIpc) is 3.47. The van der Waals surface area contributed by atoms with Crippen LogP contribution in [0.3, 0.4) is 0 Å². The number of fused-ring (bicyclic) bond motifs is 2. The number of hydrogen-bond donors (Lipinski definition) is 3. The summed E-state index contributed by atoms with van der Waals surface area (Å²) < 4.78 is 0. The number of rotatable bonds is 6. The molecule has 3 unspecified atom stereocenters. The van der Waals surface area contributed by atoms with Crippen molar-refractivity contribution in [2.75, 3.05) is 24.5 Å². The monoisotopic (exact) mass is 421 g/mol. The molecule has 4 atom stereocenters. The van der Waals surface area contributed by atoms with Crippen molar-refractivity contribution in [2.24, 2.45) is 21.9 Å². The average molecular weight is 422 g/mol. The second kappa shape index (κ2) is 8.45. The molecule has 162 valence electrons. The summed E-state index contributed by atoms with van der Waals surface area (Å²) >= 11 is 0. The van der Waals surface area contributed by atoms with E-state index in [0.717, 1.165) is 25.1 Å². The number of anilines is 1. The third-order valence-corrected chi connectivity index (χ3v) is 6.48. The second-order valence-corrected chi connectivity index (χ2v) is 8.23. The number of carbonyl (C=O) groups is 1. The first-order valence-electron chi connectivity index (χ1n) is 10.4. The molecule has 1 aromatic carbocycles. The Bertz CT molecular complexity index is 968. The first-order valence-corrected chi connectivity index (χ1v) is 10.4. The van der Waals surface area contributed by atoms with Crippen LogP contribution in [0.25, 0.3) is 0 Å². The number of nitrogens with zero attached hydrogens (tertiary/aromatic N) is 6. The zero-order valence-electron chi connectivity index (χ0n) is 17.3. The summed E-state index contributed by atoms with van der Waals surface area (Å²) in [7, 11) is 0. The zero-order valence-corrected chi connectivity index (χ0v) is 17.3. The van der Waals surface area contributed by atoms with Gasteiger partial charge in [0.15, 0.2) is 5.84 Å². The molecule has 0 aliphatic carbocycles. The molecule has 1 amide bonds. The number of para-hydroxylation sites is 1. The Morgan fingerprint density at radius 2 is 2.19 bits per heavy atom. The summed E-state index contributed by atoms with van der Waals surface area (Å²) in [6.07, 6.45) is 2.51. The molecule has 3 heterocycles. The minimum Gasteiger partial charge on any atom is -0.358 e. The van der Waals surface area contributed by atoms with Gasteiger partial charge in [-0.05, 0) is 31.4 Å². The predicted molar refractivity (Wildman–Crippen MR) is 116 cm³/mol. The normalized spacial score (nSPS) is 26.6. The van der Waals surface area contributed by atoms with E-state index in [9.17, 15) is 10.1 Å². The number of nitriles is 1. The molecular weight excluding hydrogens is 394 g/mol. The lowest BCUT2D eigenvalue weighted by molar-refractivity contribution is -0.122. The Morgan fingerprint density at radius 3 is 2.90 bits per heavy atom. The van der Waals surface area contributed by atoms with Crippen LogP contribution >= 0.6 is 0 Å². The van der Waals surface area contributed by atoms with Gasteiger partial charge >= 0.3 is 0 Å².